The molecule has 0 fully saturated rings. The van der Waals surface area contributed by atoms with Gasteiger partial charge in [-0.3, -0.25) is 0 Å². The number of fused-ring (bicyclic) bond motifs is 12. The first-order chi connectivity index (χ1) is 34.7. The van der Waals surface area contributed by atoms with Crippen LogP contribution in [0.2, 0.25) is 0 Å². The van der Waals surface area contributed by atoms with Crippen LogP contribution in [0.1, 0.15) is 44.5 Å². The van der Waals surface area contributed by atoms with E-state index >= 15 is 0 Å². The fourth-order valence-corrected chi connectivity index (χ4v) is 13.4. The van der Waals surface area contributed by atoms with E-state index in [4.69, 9.17) is 0 Å². The van der Waals surface area contributed by atoms with E-state index in [1.807, 2.05) is 11.3 Å². The quantitative estimate of drug-likeness (QED) is 0.154. The van der Waals surface area contributed by atoms with Crippen molar-refractivity contribution in [1.29, 1.82) is 0 Å². The van der Waals surface area contributed by atoms with Crippen LogP contribution in [0.3, 0.4) is 0 Å². The predicted molar refractivity (Wildman–Crippen MR) is 294 cm³/mol. The normalized spacial score (nSPS) is 13.7. The molecular weight excluding hydrogens is 863 g/mol. The molecule has 1 heterocycles. The maximum atomic E-state index is 2.46. The van der Waals surface area contributed by atoms with E-state index in [9.17, 15) is 0 Å². The highest BCUT2D eigenvalue weighted by atomic mass is 32.1. The van der Waals surface area contributed by atoms with Crippen LogP contribution in [0.25, 0.3) is 53.6 Å². The van der Waals surface area contributed by atoms with Crippen molar-refractivity contribution in [1.82, 2.24) is 0 Å². The lowest BCUT2D eigenvalue weighted by Crippen LogP contribution is -2.44. The van der Waals surface area contributed by atoms with E-state index in [1.54, 1.807) is 0 Å². The van der Waals surface area contributed by atoms with Crippen LogP contribution >= 0.6 is 11.3 Å². The first-order valence-electron chi connectivity index (χ1n) is 24.2. The standard InChI is InChI=1S/C68H45NS/c1-4-18-46(19-5-1)47-32-37-52(38-33-47)69(53-39-34-48(35-40-53)49-36-43-66-58(44-49)56-25-11-17-31-65(56)70-66)54-41-42-60-57(45-54)55-24-10-12-26-59(55)68(60)63-29-15-13-27-61(63)67(50-20-6-2-7-21-50,51-22-8-3-9-23-51)62-28-14-16-30-64(62)68/h1-45H. The van der Waals surface area contributed by atoms with E-state index < -0.39 is 10.8 Å². The van der Waals surface area contributed by atoms with E-state index in [0.717, 1.165) is 17.1 Å². The van der Waals surface area contributed by atoms with Gasteiger partial charge in [-0.1, -0.05) is 218 Å². The molecule has 2 aliphatic carbocycles. The Balaban J connectivity index is 0.963. The molecule has 0 bridgehead atoms. The van der Waals surface area contributed by atoms with Crippen LogP contribution in [-0.2, 0) is 10.8 Å². The Labute approximate surface area is 412 Å². The lowest BCUT2D eigenvalue weighted by molar-refractivity contribution is 0.623. The van der Waals surface area contributed by atoms with Gasteiger partial charge < -0.3 is 4.90 Å². The second-order valence-electron chi connectivity index (χ2n) is 18.7. The van der Waals surface area contributed by atoms with Gasteiger partial charge in [0.15, 0.2) is 0 Å². The molecule has 1 aromatic heterocycles. The summed E-state index contributed by atoms with van der Waals surface area (Å²) in [5.74, 6) is 0. The number of anilines is 3. The topological polar surface area (TPSA) is 3.24 Å². The van der Waals surface area contributed by atoms with Gasteiger partial charge in [0.1, 0.15) is 0 Å². The molecule has 11 aromatic carbocycles. The first kappa shape index (κ1) is 40.5. The lowest BCUT2D eigenvalue weighted by atomic mass is 9.51. The summed E-state index contributed by atoms with van der Waals surface area (Å²) >= 11 is 1.86. The number of rotatable bonds is 7. The van der Waals surface area contributed by atoms with Gasteiger partial charge in [-0.2, -0.15) is 0 Å². The van der Waals surface area contributed by atoms with Crippen LogP contribution in [0, 0.1) is 0 Å². The van der Waals surface area contributed by atoms with Crippen molar-refractivity contribution in [2.24, 2.45) is 0 Å². The number of hydrogen-bond acceptors (Lipinski definition) is 2. The minimum absolute atomic E-state index is 0.545. The Morgan fingerprint density at radius 2 is 0.686 bits per heavy atom. The second kappa shape index (κ2) is 16.0. The Kier molecular flexibility index (Phi) is 9.27. The summed E-state index contributed by atoms with van der Waals surface area (Å²) in [6.45, 7) is 0. The molecule has 2 aliphatic rings. The fraction of sp³-hybridized carbons (Fsp3) is 0.0294. The molecule has 1 spiro atoms. The van der Waals surface area contributed by atoms with Crippen molar-refractivity contribution in [3.63, 3.8) is 0 Å². The minimum Gasteiger partial charge on any atom is -0.310 e. The second-order valence-corrected chi connectivity index (χ2v) is 19.8. The van der Waals surface area contributed by atoms with Crippen LogP contribution in [0.15, 0.2) is 273 Å². The molecule has 70 heavy (non-hydrogen) atoms. The molecule has 0 saturated heterocycles. The van der Waals surface area contributed by atoms with Crippen molar-refractivity contribution in [3.8, 4) is 33.4 Å². The molecular formula is C68H45NS. The molecule has 14 rings (SSSR count). The highest BCUT2D eigenvalue weighted by Gasteiger charge is 2.56. The van der Waals surface area contributed by atoms with Crippen molar-refractivity contribution in [3.05, 3.63) is 317 Å². The van der Waals surface area contributed by atoms with Crippen molar-refractivity contribution in [2.75, 3.05) is 4.90 Å². The van der Waals surface area contributed by atoms with E-state index in [1.165, 1.54) is 98.1 Å². The van der Waals surface area contributed by atoms with Gasteiger partial charge in [0, 0.05) is 37.2 Å². The predicted octanol–water partition coefficient (Wildman–Crippen LogP) is 17.9. The summed E-state index contributed by atoms with van der Waals surface area (Å²) in [6, 6.07) is 102. The van der Waals surface area contributed by atoms with E-state index in [0.29, 0.717) is 0 Å². The molecule has 0 aliphatic heterocycles. The van der Waals surface area contributed by atoms with Crippen molar-refractivity contribution < 1.29 is 0 Å². The maximum absolute atomic E-state index is 2.46. The minimum atomic E-state index is -0.566. The third kappa shape index (κ3) is 5.90. The van der Waals surface area contributed by atoms with Crippen molar-refractivity contribution in [2.45, 2.75) is 10.8 Å². The average Bonchev–Trinajstić information content (AvgIpc) is 3.96. The van der Waals surface area contributed by atoms with Gasteiger partial charge in [0.05, 0.1) is 10.8 Å². The zero-order chi connectivity index (χ0) is 46.2. The van der Waals surface area contributed by atoms with Gasteiger partial charge in [0.25, 0.3) is 0 Å². The fourth-order valence-electron chi connectivity index (χ4n) is 12.3. The van der Waals surface area contributed by atoms with Crippen LogP contribution in [0.5, 0.6) is 0 Å². The first-order valence-corrected chi connectivity index (χ1v) is 25.1. The van der Waals surface area contributed by atoms with Gasteiger partial charge >= 0.3 is 0 Å². The Morgan fingerprint density at radius 3 is 1.30 bits per heavy atom. The third-order valence-corrected chi connectivity index (χ3v) is 16.4. The Hall–Kier alpha value is -8.56. The zero-order valence-corrected chi connectivity index (χ0v) is 39.2. The average molecular weight is 908 g/mol. The number of nitrogens with zero attached hydrogens (tertiary/aromatic N) is 1. The molecule has 0 unspecified atom stereocenters. The molecule has 0 radical (unpaired) electrons. The number of hydrogen-bond donors (Lipinski definition) is 0. The molecule has 0 amide bonds. The Morgan fingerprint density at radius 1 is 0.257 bits per heavy atom. The molecule has 12 aromatic rings. The maximum Gasteiger partial charge on any atom is 0.0720 e. The van der Waals surface area contributed by atoms with Gasteiger partial charge in [-0.15, -0.1) is 11.3 Å². The van der Waals surface area contributed by atoms with Gasteiger partial charge in [0.2, 0.25) is 0 Å². The molecule has 328 valence electrons. The van der Waals surface area contributed by atoms with Crippen molar-refractivity contribution >= 4 is 48.6 Å². The molecule has 0 N–H and O–H groups in total. The van der Waals surface area contributed by atoms with E-state index in [-0.39, 0.29) is 0 Å². The summed E-state index contributed by atoms with van der Waals surface area (Å²) in [7, 11) is 0. The zero-order valence-electron chi connectivity index (χ0n) is 38.3. The SMILES string of the molecule is c1ccc(-c2ccc(N(c3ccc(-c4ccc5sc6ccccc6c5c4)cc3)c3ccc4c(c3)-c3ccccc3C43c4ccccc4C(c4ccccc4)(c4ccccc4)c4ccccc43)cc2)cc1. The summed E-state index contributed by atoms with van der Waals surface area (Å²) in [4.78, 5) is 2.43. The van der Waals surface area contributed by atoms with Gasteiger partial charge in [-0.05, 0) is 132 Å². The lowest BCUT2D eigenvalue weighted by Gasteiger charge is -2.50. The summed E-state index contributed by atoms with van der Waals surface area (Å²) in [5, 5.41) is 2.63. The van der Waals surface area contributed by atoms with Crippen LogP contribution in [-0.4, -0.2) is 0 Å². The molecule has 0 atom stereocenters. The number of thiophene rings is 1. The largest absolute Gasteiger partial charge is 0.310 e. The smallest absolute Gasteiger partial charge is 0.0720 e. The highest BCUT2D eigenvalue weighted by Crippen LogP contribution is 2.65. The van der Waals surface area contributed by atoms with E-state index in [2.05, 4.69) is 278 Å². The monoisotopic (exact) mass is 907 g/mol. The van der Waals surface area contributed by atoms with Gasteiger partial charge in [-0.25, -0.2) is 0 Å². The van der Waals surface area contributed by atoms with Crippen LogP contribution < -0.4 is 4.90 Å². The summed E-state index contributed by atoms with van der Waals surface area (Å²) in [6.07, 6.45) is 0. The van der Waals surface area contributed by atoms with Crippen LogP contribution in [0.4, 0.5) is 17.1 Å². The number of benzene rings is 11. The Bertz CT molecular complexity index is 3840. The summed E-state index contributed by atoms with van der Waals surface area (Å²) < 4.78 is 2.64. The highest BCUT2D eigenvalue weighted by molar-refractivity contribution is 7.25. The summed E-state index contributed by atoms with van der Waals surface area (Å²) in [5.41, 5.74) is 19.9. The molecule has 2 heteroatoms. The molecule has 0 saturated carbocycles. The third-order valence-electron chi connectivity index (χ3n) is 15.2. The molecule has 1 nitrogen and oxygen atoms in total.